The molecular weight excluding hydrogens is 264 g/mol. The van der Waals surface area contributed by atoms with Crippen LogP contribution in [0.25, 0.3) is 0 Å². The minimum Gasteiger partial charge on any atom is -0.480 e. The minimum atomic E-state index is -1.03. The van der Waals surface area contributed by atoms with Gasteiger partial charge in [-0.05, 0) is 6.42 Å². The number of rotatable bonds is 7. The van der Waals surface area contributed by atoms with Crippen molar-refractivity contribution >= 4 is 12.1 Å². The largest absolute Gasteiger partial charge is 0.480 e. The van der Waals surface area contributed by atoms with Gasteiger partial charge in [0.25, 0.3) is 0 Å². The summed E-state index contributed by atoms with van der Waals surface area (Å²) in [6.45, 7) is 7.02. The zero-order chi connectivity index (χ0) is 15.0. The van der Waals surface area contributed by atoms with Crippen LogP contribution in [0.2, 0.25) is 0 Å². The number of hydrogen-bond donors (Lipinski definition) is 1. The van der Waals surface area contributed by atoms with Gasteiger partial charge in [0.1, 0.15) is 12.6 Å². The van der Waals surface area contributed by atoms with Gasteiger partial charge in [0.15, 0.2) is 0 Å². The smallest absolute Gasteiger partial charge is 0.410 e. The van der Waals surface area contributed by atoms with E-state index in [-0.39, 0.29) is 6.61 Å². The zero-order valence-electron chi connectivity index (χ0n) is 11.8. The highest BCUT2D eigenvalue weighted by Gasteiger charge is 2.28. The predicted molar refractivity (Wildman–Crippen MR) is 72.6 cm³/mol. The van der Waals surface area contributed by atoms with Crippen molar-refractivity contribution in [2.24, 2.45) is 0 Å². The van der Waals surface area contributed by atoms with Crippen molar-refractivity contribution in [3.63, 3.8) is 0 Å². The fourth-order valence-corrected chi connectivity index (χ4v) is 1.97. The van der Waals surface area contributed by atoms with Crippen LogP contribution in [0.5, 0.6) is 0 Å². The molecule has 0 aromatic carbocycles. The third kappa shape index (κ3) is 5.18. The van der Waals surface area contributed by atoms with Gasteiger partial charge in [-0.3, -0.25) is 9.80 Å². The Bertz CT molecular complexity index is 342. The van der Waals surface area contributed by atoms with Gasteiger partial charge in [-0.1, -0.05) is 12.7 Å². The van der Waals surface area contributed by atoms with E-state index in [1.165, 1.54) is 13.1 Å². The Morgan fingerprint density at radius 1 is 1.50 bits per heavy atom. The molecule has 114 valence electrons. The van der Waals surface area contributed by atoms with Crippen molar-refractivity contribution in [2.45, 2.75) is 12.5 Å². The Morgan fingerprint density at radius 2 is 2.15 bits per heavy atom. The van der Waals surface area contributed by atoms with E-state index in [0.29, 0.717) is 26.2 Å². The van der Waals surface area contributed by atoms with Crippen LogP contribution in [0.15, 0.2) is 12.7 Å². The first-order valence-electron chi connectivity index (χ1n) is 6.59. The van der Waals surface area contributed by atoms with Crippen LogP contribution in [0.1, 0.15) is 6.42 Å². The Balaban J connectivity index is 2.47. The number of hydrogen-bond acceptors (Lipinski definition) is 5. The van der Waals surface area contributed by atoms with Crippen LogP contribution in [-0.2, 0) is 14.3 Å². The second-order valence-corrected chi connectivity index (χ2v) is 4.57. The van der Waals surface area contributed by atoms with Crippen molar-refractivity contribution in [3.05, 3.63) is 12.7 Å². The molecule has 0 spiro atoms. The molecule has 1 saturated heterocycles. The molecule has 0 radical (unpaired) electrons. The quantitative estimate of drug-likeness (QED) is 0.683. The SMILES string of the molecule is C=CCOC(=O)N(C)C(CCN1CCOCC1)C(=O)O. The van der Waals surface area contributed by atoms with E-state index in [9.17, 15) is 14.7 Å². The lowest BCUT2D eigenvalue weighted by atomic mass is 10.1. The number of aliphatic carboxylic acids is 1. The third-order valence-electron chi connectivity index (χ3n) is 3.19. The fraction of sp³-hybridized carbons (Fsp3) is 0.692. The maximum atomic E-state index is 11.7. The topological polar surface area (TPSA) is 79.3 Å². The number of carboxylic acids is 1. The van der Waals surface area contributed by atoms with E-state index in [1.54, 1.807) is 0 Å². The lowest BCUT2D eigenvalue weighted by molar-refractivity contribution is -0.142. The van der Waals surface area contributed by atoms with Crippen molar-refractivity contribution in [1.82, 2.24) is 9.80 Å². The summed E-state index contributed by atoms with van der Waals surface area (Å²) < 4.78 is 10.1. The number of amides is 1. The summed E-state index contributed by atoms with van der Waals surface area (Å²) in [5, 5.41) is 9.23. The van der Waals surface area contributed by atoms with Crippen molar-refractivity contribution in [2.75, 3.05) is 46.5 Å². The number of morpholine rings is 1. The predicted octanol–water partition coefficient (Wildman–Crippen LogP) is 0.416. The van der Waals surface area contributed by atoms with Gasteiger partial charge in [0.2, 0.25) is 0 Å². The highest BCUT2D eigenvalue weighted by atomic mass is 16.6. The van der Waals surface area contributed by atoms with Gasteiger partial charge in [-0.2, -0.15) is 0 Å². The maximum Gasteiger partial charge on any atom is 0.410 e. The molecular formula is C13H22N2O5. The molecule has 1 unspecified atom stereocenters. The van der Waals surface area contributed by atoms with Crippen LogP contribution in [-0.4, -0.2) is 79.5 Å². The highest BCUT2D eigenvalue weighted by Crippen LogP contribution is 2.08. The van der Waals surface area contributed by atoms with Crippen LogP contribution < -0.4 is 0 Å². The van der Waals surface area contributed by atoms with E-state index in [1.807, 2.05) is 0 Å². The zero-order valence-corrected chi connectivity index (χ0v) is 11.8. The molecule has 0 aliphatic carbocycles. The molecule has 0 aromatic rings. The average molecular weight is 286 g/mol. The summed E-state index contributed by atoms with van der Waals surface area (Å²) in [6.07, 6.45) is 1.14. The summed E-state index contributed by atoms with van der Waals surface area (Å²) in [5.41, 5.74) is 0. The third-order valence-corrected chi connectivity index (χ3v) is 3.19. The first kappa shape index (κ1) is 16.5. The molecule has 7 nitrogen and oxygen atoms in total. The number of carbonyl (C=O) groups is 2. The number of ether oxygens (including phenoxy) is 2. The van der Waals surface area contributed by atoms with E-state index >= 15 is 0 Å². The highest BCUT2D eigenvalue weighted by molar-refractivity contribution is 5.79. The minimum absolute atomic E-state index is 0.0684. The molecule has 1 aliphatic rings. The number of nitrogens with zero attached hydrogens (tertiary/aromatic N) is 2. The van der Waals surface area contributed by atoms with Crippen molar-refractivity contribution < 1.29 is 24.2 Å². The molecule has 0 aromatic heterocycles. The monoisotopic (exact) mass is 286 g/mol. The normalized spacial score (nSPS) is 17.2. The van der Waals surface area contributed by atoms with E-state index < -0.39 is 18.1 Å². The summed E-state index contributed by atoms with van der Waals surface area (Å²) in [7, 11) is 1.43. The van der Waals surface area contributed by atoms with Crippen LogP contribution in [0.4, 0.5) is 4.79 Å². The molecule has 1 rings (SSSR count). The lowest BCUT2D eigenvalue weighted by Crippen LogP contribution is -2.46. The van der Waals surface area contributed by atoms with Crippen LogP contribution in [0.3, 0.4) is 0 Å². The van der Waals surface area contributed by atoms with E-state index in [2.05, 4.69) is 11.5 Å². The Labute approximate surface area is 118 Å². The van der Waals surface area contributed by atoms with Crippen molar-refractivity contribution in [1.29, 1.82) is 0 Å². The Morgan fingerprint density at radius 3 is 2.70 bits per heavy atom. The first-order chi connectivity index (χ1) is 9.56. The van der Waals surface area contributed by atoms with Gasteiger partial charge >= 0.3 is 12.1 Å². The molecule has 1 heterocycles. The molecule has 1 aliphatic heterocycles. The number of likely N-dealkylation sites (N-methyl/N-ethyl adjacent to an activating group) is 1. The molecule has 0 saturated carbocycles. The second kappa shape index (κ2) is 8.55. The Hall–Kier alpha value is -1.60. The molecule has 1 atom stereocenters. The van der Waals surface area contributed by atoms with E-state index in [4.69, 9.17) is 9.47 Å². The number of carbonyl (C=O) groups excluding carboxylic acids is 1. The summed E-state index contributed by atoms with van der Waals surface area (Å²) in [4.78, 5) is 26.2. The van der Waals surface area contributed by atoms with Gasteiger partial charge in [0, 0.05) is 26.7 Å². The molecule has 7 heteroatoms. The standard InChI is InChI=1S/C13H22N2O5/c1-3-8-20-13(18)14(2)11(12(16)17)4-5-15-6-9-19-10-7-15/h3,11H,1,4-10H2,2H3,(H,16,17). The van der Waals surface area contributed by atoms with E-state index in [0.717, 1.165) is 18.0 Å². The summed E-state index contributed by atoms with van der Waals surface area (Å²) in [6, 6.07) is -0.893. The number of carboxylic acid groups (broad SMARTS) is 1. The van der Waals surface area contributed by atoms with Gasteiger partial charge in [-0.25, -0.2) is 9.59 Å². The Kier molecular flexibility index (Phi) is 7.03. The van der Waals surface area contributed by atoms with Crippen molar-refractivity contribution in [3.8, 4) is 0 Å². The van der Waals surface area contributed by atoms with Gasteiger partial charge in [-0.15, -0.1) is 0 Å². The lowest BCUT2D eigenvalue weighted by Gasteiger charge is -2.29. The second-order valence-electron chi connectivity index (χ2n) is 4.57. The average Bonchev–Trinajstić information content (AvgIpc) is 2.45. The van der Waals surface area contributed by atoms with Crippen LogP contribution >= 0.6 is 0 Å². The molecule has 1 N–H and O–H groups in total. The fourth-order valence-electron chi connectivity index (χ4n) is 1.97. The summed E-state index contributed by atoms with van der Waals surface area (Å²) in [5.74, 6) is -1.03. The first-order valence-corrected chi connectivity index (χ1v) is 6.59. The summed E-state index contributed by atoms with van der Waals surface area (Å²) >= 11 is 0. The molecule has 20 heavy (non-hydrogen) atoms. The maximum absolute atomic E-state index is 11.7. The molecule has 1 amide bonds. The molecule has 1 fully saturated rings. The van der Waals surface area contributed by atoms with Gasteiger partial charge in [0.05, 0.1) is 13.2 Å². The molecule has 0 bridgehead atoms. The van der Waals surface area contributed by atoms with Crippen LogP contribution in [0, 0.1) is 0 Å². The van der Waals surface area contributed by atoms with Gasteiger partial charge < -0.3 is 14.6 Å².